The topological polar surface area (TPSA) is 12.0 Å². The maximum atomic E-state index is 3.78. The van der Waals surface area contributed by atoms with Gasteiger partial charge in [0.2, 0.25) is 0 Å². The lowest BCUT2D eigenvalue weighted by molar-refractivity contribution is 0.283. The minimum absolute atomic E-state index is 0.503. The van der Waals surface area contributed by atoms with Gasteiger partial charge in [0.25, 0.3) is 0 Å². The Kier molecular flexibility index (Phi) is 4.25. The highest BCUT2D eigenvalue weighted by Gasteiger charge is 2.34. The fourth-order valence-corrected chi connectivity index (χ4v) is 4.65. The Labute approximate surface area is 129 Å². The fourth-order valence-electron chi connectivity index (χ4n) is 3.13. The van der Waals surface area contributed by atoms with Gasteiger partial charge in [0.1, 0.15) is 0 Å². The molecule has 1 heterocycles. The summed E-state index contributed by atoms with van der Waals surface area (Å²) in [6.07, 6.45) is 5.40. The summed E-state index contributed by atoms with van der Waals surface area (Å²) in [4.78, 5) is 0. The van der Waals surface area contributed by atoms with Crippen LogP contribution in [0.1, 0.15) is 44.1 Å². The van der Waals surface area contributed by atoms with Crippen LogP contribution in [0.15, 0.2) is 28.7 Å². The van der Waals surface area contributed by atoms with Crippen molar-refractivity contribution < 1.29 is 0 Å². The highest BCUT2D eigenvalue weighted by Crippen LogP contribution is 2.40. The average molecular weight is 340 g/mol. The summed E-state index contributed by atoms with van der Waals surface area (Å²) in [5.41, 5.74) is 1.50. The maximum absolute atomic E-state index is 3.78. The van der Waals surface area contributed by atoms with Gasteiger partial charge in [0, 0.05) is 21.8 Å². The zero-order valence-corrected chi connectivity index (χ0v) is 13.9. The molecule has 1 saturated heterocycles. The zero-order chi connectivity index (χ0) is 13.3. The molecular weight excluding hydrogens is 318 g/mol. The smallest absolute Gasteiger partial charge is 0.0256 e. The standard InChI is InChI=1S/C16H22BrNS/c1-16(7-2-8-19-16)11-18-15-9-13(10-15)12-3-5-14(17)6-4-12/h3-6,13,15,18H,2,7-11H2,1H3. The van der Waals surface area contributed by atoms with Crippen molar-refractivity contribution in [2.24, 2.45) is 0 Å². The van der Waals surface area contributed by atoms with Crippen LogP contribution in [0, 0.1) is 0 Å². The molecule has 104 valence electrons. The molecule has 0 amide bonds. The second kappa shape index (κ2) is 5.79. The quantitative estimate of drug-likeness (QED) is 0.862. The third-order valence-corrected chi connectivity index (χ3v) is 6.61. The molecule has 19 heavy (non-hydrogen) atoms. The number of nitrogens with one attached hydrogen (secondary N) is 1. The summed E-state index contributed by atoms with van der Waals surface area (Å²) in [6, 6.07) is 9.59. The molecule has 0 bridgehead atoms. The molecule has 1 aliphatic carbocycles. The molecule has 1 atom stereocenters. The Morgan fingerprint density at radius 1 is 1.32 bits per heavy atom. The molecule has 2 fully saturated rings. The van der Waals surface area contributed by atoms with E-state index in [0.29, 0.717) is 4.75 Å². The number of hydrogen-bond donors (Lipinski definition) is 1. The van der Waals surface area contributed by atoms with Crippen LogP contribution in [0.4, 0.5) is 0 Å². The zero-order valence-electron chi connectivity index (χ0n) is 11.5. The summed E-state index contributed by atoms with van der Waals surface area (Å²) in [5, 5.41) is 3.78. The highest BCUT2D eigenvalue weighted by molar-refractivity contribution is 9.10. The Morgan fingerprint density at radius 2 is 2.05 bits per heavy atom. The molecule has 0 spiro atoms. The van der Waals surface area contributed by atoms with Gasteiger partial charge in [-0.2, -0.15) is 11.8 Å². The summed E-state index contributed by atoms with van der Waals surface area (Å²) in [7, 11) is 0. The molecule has 1 N–H and O–H groups in total. The van der Waals surface area contributed by atoms with E-state index >= 15 is 0 Å². The number of thioether (sulfide) groups is 1. The minimum Gasteiger partial charge on any atom is -0.313 e. The Morgan fingerprint density at radius 3 is 2.68 bits per heavy atom. The van der Waals surface area contributed by atoms with Crippen LogP contribution in [0.3, 0.4) is 0 Å². The monoisotopic (exact) mass is 339 g/mol. The van der Waals surface area contributed by atoms with Gasteiger partial charge in [0.05, 0.1) is 0 Å². The number of benzene rings is 1. The number of hydrogen-bond acceptors (Lipinski definition) is 2. The minimum atomic E-state index is 0.503. The van der Waals surface area contributed by atoms with Crippen molar-refractivity contribution in [1.29, 1.82) is 0 Å². The lowest BCUT2D eigenvalue weighted by Crippen LogP contribution is -2.45. The van der Waals surface area contributed by atoms with E-state index in [2.05, 4.69) is 64.2 Å². The lowest BCUT2D eigenvalue weighted by Gasteiger charge is -2.38. The summed E-state index contributed by atoms with van der Waals surface area (Å²) in [5.74, 6) is 2.12. The van der Waals surface area contributed by atoms with Crippen molar-refractivity contribution in [3.05, 3.63) is 34.3 Å². The van der Waals surface area contributed by atoms with Gasteiger partial charge < -0.3 is 5.32 Å². The van der Waals surface area contributed by atoms with Crippen molar-refractivity contribution in [2.75, 3.05) is 12.3 Å². The summed E-state index contributed by atoms with van der Waals surface area (Å²) in [6.45, 7) is 3.61. The van der Waals surface area contributed by atoms with Crippen LogP contribution in [0.5, 0.6) is 0 Å². The van der Waals surface area contributed by atoms with E-state index < -0.39 is 0 Å². The second-order valence-electron chi connectivity index (χ2n) is 6.20. The fraction of sp³-hybridized carbons (Fsp3) is 0.625. The van der Waals surface area contributed by atoms with Crippen LogP contribution in [-0.4, -0.2) is 23.1 Å². The first kappa shape index (κ1) is 14.0. The van der Waals surface area contributed by atoms with Gasteiger partial charge >= 0.3 is 0 Å². The van der Waals surface area contributed by atoms with Gasteiger partial charge in [0.15, 0.2) is 0 Å². The first-order valence-electron chi connectivity index (χ1n) is 7.27. The lowest BCUT2D eigenvalue weighted by atomic mass is 9.76. The molecule has 1 aromatic carbocycles. The van der Waals surface area contributed by atoms with Crippen LogP contribution < -0.4 is 5.32 Å². The van der Waals surface area contributed by atoms with E-state index in [0.717, 1.165) is 12.0 Å². The Bertz CT molecular complexity index is 419. The molecule has 1 aromatic rings. The highest BCUT2D eigenvalue weighted by atomic mass is 79.9. The Balaban J connectivity index is 1.44. The predicted molar refractivity (Wildman–Crippen MR) is 88.0 cm³/mol. The van der Waals surface area contributed by atoms with Crippen molar-refractivity contribution in [1.82, 2.24) is 5.32 Å². The SMILES string of the molecule is CC1(CNC2CC(c3ccc(Br)cc3)C2)CCCS1. The first-order valence-corrected chi connectivity index (χ1v) is 9.05. The van der Waals surface area contributed by atoms with Crippen LogP contribution in [-0.2, 0) is 0 Å². The molecule has 0 aromatic heterocycles. The van der Waals surface area contributed by atoms with E-state index in [1.807, 2.05) is 0 Å². The first-order chi connectivity index (χ1) is 9.15. The Hall–Kier alpha value is 0.01000. The van der Waals surface area contributed by atoms with Crippen LogP contribution in [0.2, 0.25) is 0 Å². The average Bonchev–Trinajstić information content (AvgIpc) is 2.77. The molecule has 0 radical (unpaired) electrons. The molecule has 1 saturated carbocycles. The van der Waals surface area contributed by atoms with Gasteiger partial charge in [-0.3, -0.25) is 0 Å². The van der Waals surface area contributed by atoms with Crippen molar-refractivity contribution in [3.8, 4) is 0 Å². The third kappa shape index (κ3) is 3.37. The van der Waals surface area contributed by atoms with E-state index in [4.69, 9.17) is 0 Å². The van der Waals surface area contributed by atoms with Crippen molar-refractivity contribution in [3.63, 3.8) is 0 Å². The number of halogens is 1. The largest absolute Gasteiger partial charge is 0.313 e. The third-order valence-electron chi connectivity index (χ3n) is 4.54. The normalized spacial score (nSPS) is 34.2. The number of rotatable bonds is 4. The summed E-state index contributed by atoms with van der Waals surface area (Å²) >= 11 is 5.65. The van der Waals surface area contributed by atoms with E-state index in [-0.39, 0.29) is 0 Å². The molecule has 1 unspecified atom stereocenters. The second-order valence-corrected chi connectivity index (χ2v) is 8.80. The molecule has 1 nitrogen and oxygen atoms in total. The molecule has 1 aliphatic heterocycles. The van der Waals surface area contributed by atoms with E-state index in [9.17, 15) is 0 Å². The molecule has 3 heteroatoms. The van der Waals surface area contributed by atoms with Gasteiger partial charge in [-0.05, 0) is 62.0 Å². The van der Waals surface area contributed by atoms with E-state index in [1.54, 1.807) is 0 Å². The predicted octanol–water partition coefficient (Wildman–Crippen LogP) is 4.57. The van der Waals surface area contributed by atoms with Gasteiger partial charge in [-0.15, -0.1) is 0 Å². The van der Waals surface area contributed by atoms with Crippen LogP contribution >= 0.6 is 27.7 Å². The molecule has 2 aliphatic rings. The van der Waals surface area contributed by atoms with Crippen molar-refractivity contribution in [2.45, 2.75) is 49.3 Å². The van der Waals surface area contributed by atoms with Gasteiger partial charge in [-0.25, -0.2) is 0 Å². The molecular formula is C16H22BrNS. The maximum Gasteiger partial charge on any atom is 0.0256 e. The molecule has 3 rings (SSSR count). The van der Waals surface area contributed by atoms with Crippen molar-refractivity contribution >= 4 is 27.7 Å². The summed E-state index contributed by atoms with van der Waals surface area (Å²) < 4.78 is 1.68. The van der Waals surface area contributed by atoms with Crippen LogP contribution in [0.25, 0.3) is 0 Å². The van der Waals surface area contributed by atoms with Gasteiger partial charge in [-0.1, -0.05) is 28.1 Å². The van der Waals surface area contributed by atoms with E-state index in [1.165, 1.54) is 48.0 Å².